The van der Waals surface area contributed by atoms with Crippen molar-refractivity contribution in [2.45, 2.75) is 31.2 Å². The first-order chi connectivity index (χ1) is 16.8. The molecule has 3 aromatic rings. The molecule has 0 aliphatic carbocycles. The minimum Gasteiger partial charge on any atom is -0.497 e. The smallest absolute Gasteiger partial charge is 0.264 e. The van der Waals surface area contributed by atoms with Crippen LogP contribution in [-0.4, -0.2) is 34.6 Å². The highest BCUT2D eigenvalue weighted by molar-refractivity contribution is 7.92. The Morgan fingerprint density at radius 3 is 2.09 bits per heavy atom. The fourth-order valence-electron chi connectivity index (χ4n) is 3.55. The van der Waals surface area contributed by atoms with Gasteiger partial charge >= 0.3 is 0 Å². The number of anilines is 1. The topological polar surface area (TPSA) is 84.9 Å². The average molecular weight is 501 g/mol. The molecule has 1 amide bonds. The number of carbonyl (C=O) groups excluding carboxylic acids is 1. The van der Waals surface area contributed by atoms with Crippen LogP contribution in [0.1, 0.15) is 31.9 Å². The zero-order chi connectivity index (χ0) is 25.4. The fourth-order valence-corrected chi connectivity index (χ4v) is 4.97. The monoisotopic (exact) mass is 500 g/mol. The lowest BCUT2D eigenvalue weighted by Gasteiger charge is -2.26. The number of methoxy groups -OCH3 is 1. The summed E-state index contributed by atoms with van der Waals surface area (Å²) in [5, 5.41) is 2.91. The Hall–Kier alpha value is -3.59. The van der Waals surface area contributed by atoms with E-state index in [4.69, 9.17) is 9.47 Å². The second-order valence-corrected chi connectivity index (χ2v) is 9.56. The third kappa shape index (κ3) is 6.51. The molecule has 3 rings (SSSR count). The van der Waals surface area contributed by atoms with Crippen LogP contribution in [0.15, 0.2) is 77.7 Å². The molecule has 3 aromatic carbocycles. The molecule has 9 heteroatoms. The van der Waals surface area contributed by atoms with Gasteiger partial charge in [-0.05, 0) is 79.6 Å². The fraction of sp³-hybridized carbons (Fsp3) is 0.269. The van der Waals surface area contributed by atoms with E-state index in [0.29, 0.717) is 24.5 Å². The molecule has 0 bridgehead atoms. The molecular weight excluding hydrogens is 471 g/mol. The van der Waals surface area contributed by atoms with Gasteiger partial charge in [-0.15, -0.1) is 0 Å². The summed E-state index contributed by atoms with van der Waals surface area (Å²) in [6.45, 7) is 3.77. The molecule has 0 saturated carbocycles. The number of amides is 1. The molecule has 0 heterocycles. The van der Waals surface area contributed by atoms with Crippen LogP contribution in [0.5, 0.6) is 11.5 Å². The van der Waals surface area contributed by atoms with Gasteiger partial charge in [0.15, 0.2) is 0 Å². The standard InChI is InChI=1S/C26H29FN2O5S/c1-4-25(19-6-12-22(33-3)13-7-19)28-26(30)18-29(21-10-14-23(15-11-21)34-5-2)35(31,32)24-16-8-20(27)9-17-24/h6-17,25H,4-5,18H2,1-3H3,(H,28,30). The Morgan fingerprint density at radius 2 is 1.54 bits per heavy atom. The van der Waals surface area contributed by atoms with Crippen molar-refractivity contribution < 1.29 is 27.1 Å². The quantitative estimate of drug-likeness (QED) is 0.413. The second-order valence-electron chi connectivity index (χ2n) is 7.69. The summed E-state index contributed by atoms with van der Waals surface area (Å²) in [5.41, 5.74) is 1.15. The van der Waals surface area contributed by atoms with Crippen molar-refractivity contribution in [3.8, 4) is 11.5 Å². The number of benzene rings is 3. The molecule has 0 aromatic heterocycles. The van der Waals surface area contributed by atoms with Gasteiger partial charge in [-0.1, -0.05) is 19.1 Å². The molecular formula is C26H29FN2O5S. The van der Waals surface area contributed by atoms with Crippen LogP contribution in [-0.2, 0) is 14.8 Å². The van der Waals surface area contributed by atoms with Crippen LogP contribution in [0.4, 0.5) is 10.1 Å². The number of nitrogens with zero attached hydrogens (tertiary/aromatic N) is 1. The summed E-state index contributed by atoms with van der Waals surface area (Å²) < 4.78 is 52.0. The molecule has 186 valence electrons. The highest BCUT2D eigenvalue weighted by Crippen LogP contribution is 2.27. The first-order valence-electron chi connectivity index (χ1n) is 11.2. The highest BCUT2D eigenvalue weighted by atomic mass is 32.2. The third-order valence-electron chi connectivity index (χ3n) is 5.39. The van der Waals surface area contributed by atoms with Crippen molar-refractivity contribution in [2.75, 3.05) is 24.6 Å². The van der Waals surface area contributed by atoms with Crippen LogP contribution in [0, 0.1) is 5.82 Å². The van der Waals surface area contributed by atoms with Crippen molar-refractivity contribution in [3.63, 3.8) is 0 Å². The summed E-state index contributed by atoms with van der Waals surface area (Å²) in [7, 11) is -2.58. The minimum atomic E-state index is -4.16. The Labute approximate surface area is 205 Å². The van der Waals surface area contributed by atoms with Crippen LogP contribution in [0.2, 0.25) is 0 Å². The van der Waals surface area contributed by atoms with Crippen molar-refractivity contribution in [3.05, 3.63) is 84.2 Å². The lowest BCUT2D eigenvalue weighted by molar-refractivity contribution is -0.120. The average Bonchev–Trinajstić information content (AvgIpc) is 2.87. The van der Waals surface area contributed by atoms with E-state index < -0.39 is 28.3 Å². The lowest BCUT2D eigenvalue weighted by atomic mass is 10.0. The van der Waals surface area contributed by atoms with Crippen LogP contribution in [0.3, 0.4) is 0 Å². The number of hydrogen-bond donors (Lipinski definition) is 1. The van der Waals surface area contributed by atoms with Crippen molar-refractivity contribution in [1.82, 2.24) is 5.32 Å². The van der Waals surface area contributed by atoms with Gasteiger partial charge in [0.1, 0.15) is 23.9 Å². The molecule has 0 spiro atoms. The Kier molecular flexibility index (Phi) is 8.70. The van der Waals surface area contributed by atoms with Crippen LogP contribution < -0.4 is 19.1 Å². The summed E-state index contributed by atoms with van der Waals surface area (Å²) in [6, 6.07) is 17.9. The highest BCUT2D eigenvalue weighted by Gasteiger charge is 2.28. The van der Waals surface area contributed by atoms with Gasteiger partial charge < -0.3 is 14.8 Å². The molecule has 0 aliphatic heterocycles. The predicted molar refractivity (Wildman–Crippen MR) is 133 cm³/mol. The first kappa shape index (κ1) is 26.0. The molecule has 7 nitrogen and oxygen atoms in total. The maximum Gasteiger partial charge on any atom is 0.264 e. The van der Waals surface area contributed by atoms with Crippen molar-refractivity contribution in [2.24, 2.45) is 0 Å². The Balaban J connectivity index is 1.89. The molecule has 0 aliphatic rings. The molecule has 0 radical (unpaired) electrons. The second kappa shape index (κ2) is 11.7. The summed E-state index contributed by atoms with van der Waals surface area (Å²) >= 11 is 0. The molecule has 1 atom stereocenters. The number of hydrogen-bond acceptors (Lipinski definition) is 5. The molecule has 35 heavy (non-hydrogen) atoms. The molecule has 0 saturated heterocycles. The van der Waals surface area contributed by atoms with Crippen LogP contribution >= 0.6 is 0 Å². The van der Waals surface area contributed by atoms with E-state index in [-0.39, 0.29) is 16.6 Å². The number of nitrogens with one attached hydrogen (secondary N) is 1. The predicted octanol–water partition coefficient (Wildman–Crippen LogP) is 4.70. The van der Waals surface area contributed by atoms with Gasteiger partial charge in [0.25, 0.3) is 10.0 Å². The van der Waals surface area contributed by atoms with Gasteiger partial charge in [-0.3, -0.25) is 9.10 Å². The van der Waals surface area contributed by atoms with E-state index >= 15 is 0 Å². The number of sulfonamides is 1. The van der Waals surface area contributed by atoms with E-state index in [0.717, 1.165) is 22.0 Å². The zero-order valence-electron chi connectivity index (χ0n) is 19.9. The number of halogens is 1. The Bertz CT molecular complexity index is 1210. The van der Waals surface area contributed by atoms with Crippen molar-refractivity contribution in [1.29, 1.82) is 0 Å². The normalized spacial score (nSPS) is 12.0. The largest absolute Gasteiger partial charge is 0.497 e. The van der Waals surface area contributed by atoms with Gasteiger partial charge in [0.2, 0.25) is 5.91 Å². The summed E-state index contributed by atoms with van der Waals surface area (Å²) in [5.74, 6) is 0.235. The van der Waals surface area contributed by atoms with E-state index in [9.17, 15) is 17.6 Å². The van der Waals surface area contributed by atoms with E-state index in [1.165, 1.54) is 12.1 Å². The van der Waals surface area contributed by atoms with E-state index in [1.807, 2.05) is 26.0 Å². The third-order valence-corrected chi connectivity index (χ3v) is 7.17. The summed E-state index contributed by atoms with van der Waals surface area (Å²) in [6.07, 6.45) is 0.603. The SMILES string of the molecule is CCOc1ccc(N(CC(=O)NC(CC)c2ccc(OC)cc2)S(=O)(=O)c2ccc(F)cc2)cc1. The van der Waals surface area contributed by atoms with Crippen LogP contribution in [0.25, 0.3) is 0 Å². The van der Waals surface area contributed by atoms with Gasteiger partial charge in [-0.2, -0.15) is 0 Å². The van der Waals surface area contributed by atoms with Crippen molar-refractivity contribution >= 4 is 21.6 Å². The minimum absolute atomic E-state index is 0.122. The number of ether oxygens (including phenoxy) is 2. The first-order valence-corrected chi connectivity index (χ1v) is 12.7. The van der Waals surface area contributed by atoms with Gasteiger partial charge in [-0.25, -0.2) is 12.8 Å². The molecule has 0 fully saturated rings. The zero-order valence-corrected chi connectivity index (χ0v) is 20.7. The number of rotatable bonds is 11. The maximum absolute atomic E-state index is 13.5. The summed E-state index contributed by atoms with van der Waals surface area (Å²) in [4.78, 5) is 12.9. The maximum atomic E-state index is 13.5. The van der Waals surface area contributed by atoms with E-state index in [2.05, 4.69) is 5.32 Å². The Morgan fingerprint density at radius 1 is 0.943 bits per heavy atom. The number of carbonyl (C=O) groups is 1. The van der Waals surface area contributed by atoms with Gasteiger partial charge in [0.05, 0.1) is 30.3 Å². The van der Waals surface area contributed by atoms with E-state index in [1.54, 1.807) is 43.5 Å². The molecule has 1 N–H and O–H groups in total. The molecule has 1 unspecified atom stereocenters. The van der Waals surface area contributed by atoms with Gasteiger partial charge in [0, 0.05) is 0 Å². The lowest BCUT2D eigenvalue weighted by Crippen LogP contribution is -2.42.